The van der Waals surface area contributed by atoms with Gasteiger partial charge in [0.1, 0.15) is 0 Å². The number of rotatable bonds is 3. The Hall–Kier alpha value is -0.870. The molecule has 1 amide bonds. The molecule has 4 heteroatoms. The average molecular weight is 266 g/mol. The number of hydrogen-bond acceptors (Lipinski definition) is 3. The maximum absolute atomic E-state index is 12.0. The molecule has 0 spiro atoms. The highest BCUT2D eigenvalue weighted by Crippen LogP contribution is 2.20. The zero-order valence-electron chi connectivity index (χ0n) is 11.4. The van der Waals surface area contributed by atoms with E-state index >= 15 is 0 Å². The summed E-state index contributed by atoms with van der Waals surface area (Å²) in [5.74, 6) is 0.790. The van der Waals surface area contributed by atoms with Crippen LogP contribution in [0.2, 0.25) is 0 Å². The Balaban J connectivity index is 1.84. The minimum atomic E-state index is -0.00379. The highest BCUT2D eigenvalue weighted by Gasteiger charge is 2.24. The van der Waals surface area contributed by atoms with Crippen LogP contribution in [0.1, 0.15) is 35.1 Å². The van der Waals surface area contributed by atoms with Gasteiger partial charge in [0.15, 0.2) is 0 Å². The van der Waals surface area contributed by atoms with E-state index < -0.39 is 0 Å². The number of piperidine rings is 1. The molecule has 1 saturated heterocycles. The first-order valence-corrected chi connectivity index (χ1v) is 7.45. The summed E-state index contributed by atoms with van der Waals surface area (Å²) in [6.45, 7) is 8.06. The summed E-state index contributed by atoms with van der Waals surface area (Å²) < 4.78 is 0. The number of carbonyl (C=O) groups is 1. The molecule has 2 rings (SSSR count). The molecule has 18 heavy (non-hydrogen) atoms. The van der Waals surface area contributed by atoms with Gasteiger partial charge in [-0.1, -0.05) is 6.92 Å². The molecule has 0 radical (unpaired) electrons. The molecule has 0 aliphatic carbocycles. The van der Waals surface area contributed by atoms with Gasteiger partial charge in [-0.2, -0.15) is 0 Å². The topological polar surface area (TPSA) is 41.1 Å². The van der Waals surface area contributed by atoms with Crippen LogP contribution in [0.15, 0.2) is 6.07 Å². The van der Waals surface area contributed by atoms with Gasteiger partial charge in [0, 0.05) is 9.75 Å². The van der Waals surface area contributed by atoms with Crippen LogP contribution in [0, 0.1) is 19.8 Å². The minimum Gasteiger partial charge on any atom is -0.350 e. The van der Waals surface area contributed by atoms with Crippen molar-refractivity contribution in [2.24, 2.45) is 5.92 Å². The smallest absolute Gasteiger partial charge is 0.237 e. The van der Waals surface area contributed by atoms with Crippen molar-refractivity contribution < 1.29 is 4.79 Å². The van der Waals surface area contributed by atoms with Gasteiger partial charge >= 0.3 is 0 Å². The molecular weight excluding hydrogens is 244 g/mol. The first-order chi connectivity index (χ1) is 8.56. The summed E-state index contributed by atoms with van der Waals surface area (Å²) >= 11 is 1.77. The second-order valence-corrected chi connectivity index (χ2v) is 6.65. The molecule has 1 aromatic rings. The summed E-state index contributed by atoms with van der Waals surface area (Å²) in [5.41, 5.74) is 1.31. The third-order valence-electron chi connectivity index (χ3n) is 3.64. The maximum atomic E-state index is 12.0. The zero-order valence-corrected chi connectivity index (χ0v) is 12.2. The van der Waals surface area contributed by atoms with Crippen LogP contribution >= 0.6 is 11.3 Å². The van der Waals surface area contributed by atoms with E-state index in [1.54, 1.807) is 11.3 Å². The lowest BCUT2D eigenvalue weighted by molar-refractivity contribution is -0.124. The third kappa shape index (κ3) is 3.33. The standard InChI is InChI=1S/C14H22N2OS/c1-9-4-5-15-13(6-9)14(17)16-8-12-7-10(2)11(3)18-12/h7,9,13,15H,4-6,8H2,1-3H3,(H,16,17). The second kappa shape index (κ2) is 5.85. The number of amides is 1. The third-order valence-corrected chi connectivity index (χ3v) is 4.79. The van der Waals surface area contributed by atoms with Gasteiger partial charge in [0.05, 0.1) is 12.6 Å². The van der Waals surface area contributed by atoms with Crippen LogP contribution in [-0.2, 0) is 11.3 Å². The van der Waals surface area contributed by atoms with Gasteiger partial charge in [0.25, 0.3) is 0 Å². The summed E-state index contributed by atoms with van der Waals surface area (Å²) in [7, 11) is 0. The van der Waals surface area contributed by atoms with E-state index in [9.17, 15) is 4.79 Å². The number of thiophene rings is 1. The van der Waals surface area contributed by atoms with Crippen molar-refractivity contribution in [2.75, 3.05) is 6.54 Å². The van der Waals surface area contributed by atoms with E-state index in [1.165, 1.54) is 21.7 Å². The Bertz CT molecular complexity index is 408. The molecule has 1 aliphatic heterocycles. The largest absolute Gasteiger partial charge is 0.350 e. The first-order valence-electron chi connectivity index (χ1n) is 6.63. The fourth-order valence-corrected chi connectivity index (χ4v) is 3.33. The molecular formula is C14H22N2OS. The Morgan fingerprint density at radius 2 is 2.33 bits per heavy atom. The lowest BCUT2D eigenvalue weighted by Gasteiger charge is -2.27. The van der Waals surface area contributed by atoms with Crippen LogP contribution in [-0.4, -0.2) is 18.5 Å². The van der Waals surface area contributed by atoms with Crippen LogP contribution in [0.5, 0.6) is 0 Å². The lowest BCUT2D eigenvalue weighted by Crippen LogP contribution is -2.48. The van der Waals surface area contributed by atoms with Gasteiger partial charge < -0.3 is 10.6 Å². The van der Waals surface area contributed by atoms with E-state index in [0.717, 1.165) is 13.0 Å². The van der Waals surface area contributed by atoms with Crippen LogP contribution in [0.3, 0.4) is 0 Å². The molecule has 2 atom stereocenters. The Morgan fingerprint density at radius 3 is 2.94 bits per heavy atom. The summed E-state index contributed by atoms with van der Waals surface area (Å²) in [5, 5.41) is 6.33. The Kier molecular flexibility index (Phi) is 4.40. The summed E-state index contributed by atoms with van der Waals surface area (Å²) in [6, 6.07) is 2.16. The van der Waals surface area contributed by atoms with Crippen molar-refractivity contribution in [3.63, 3.8) is 0 Å². The maximum Gasteiger partial charge on any atom is 0.237 e. The molecule has 0 aromatic carbocycles. The molecule has 1 aromatic heterocycles. The van der Waals surface area contributed by atoms with Crippen LogP contribution in [0.25, 0.3) is 0 Å². The zero-order chi connectivity index (χ0) is 13.1. The van der Waals surface area contributed by atoms with E-state index in [4.69, 9.17) is 0 Å². The highest BCUT2D eigenvalue weighted by molar-refractivity contribution is 7.12. The SMILES string of the molecule is Cc1cc(CNC(=O)C2CC(C)CCN2)sc1C. The molecule has 2 unspecified atom stereocenters. The molecule has 2 heterocycles. The van der Waals surface area contributed by atoms with Crippen LogP contribution < -0.4 is 10.6 Å². The Labute approximate surface area is 113 Å². The average Bonchev–Trinajstić information content (AvgIpc) is 2.66. The van der Waals surface area contributed by atoms with E-state index in [1.807, 2.05) is 0 Å². The molecule has 3 nitrogen and oxygen atoms in total. The molecule has 1 fully saturated rings. The van der Waals surface area contributed by atoms with E-state index in [-0.39, 0.29) is 11.9 Å². The minimum absolute atomic E-state index is 0.00379. The van der Waals surface area contributed by atoms with Crippen molar-refractivity contribution in [1.29, 1.82) is 0 Å². The molecule has 1 aliphatic rings. The van der Waals surface area contributed by atoms with Crippen molar-refractivity contribution in [1.82, 2.24) is 10.6 Å². The van der Waals surface area contributed by atoms with E-state index in [2.05, 4.69) is 37.5 Å². The molecule has 2 N–H and O–H groups in total. The molecule has 0 saturated carbocycles. The predicted molar refractivity (Wildman–Crippen MR) is 75.8 cm³/mol. The molecule has 0 bridgehead atoms. The van der Waals surface area contributed by atoms with Gasteiger partial charge in [-0.3, -0.25) is 4.79 Å². The van der Waals surface area contributed by atoms with Crippen molar-refractivity contribution in [3.05, 3.63) is 21.4 Å². The fraction of sp³-hybridized carbons (Fsp3) is 0.643. The van der Waals surface area contributed by atoms with Crippen molar-refractivity contribution >= 4 is 17.2 Å². The normalized spacial score (nSPS) is 23.9. The predicted octanol–water partition coefficient (Wildman–Crippen LogP) is 2.37. The number of nitrogens with one attached hydrogen (secondary N) is 2. The van der Waals surface area contributed by atoms with Gasteiger partial charge in [-0.15, -0.1) is 11.3 Å². The van der Waals surface area contributed by atoms with E-state index in [0.29, 0.717) is 12.5 Å². The van der Waals surface area contributed by atoms with Gasteiger partial charge in [0.2, 0.25) is 5.91 Å². The number of carbonyl (C=O) groups excluding carboxylic acids is 1. The summed E-state index contributed by atoms with van der Waals surface area (Å²) in [4.78, 5) is 14.6. The first kappa shape index (κ1) is 13.6. The highest BCUT2D eigenvalue weighted by atomic mass is 32.1. The van der Waals surface area contributed by atoms with Crippen molar-refractivity contribution in [3.8, 4) is 0 Å². The molecule has 100 valence electrons. The van der Waals surface area contributed by atoms with Gasteiger partial charge in [-0.25, -0.2) is 0 Å². The summed E-state index contributed by atoms with van der Waals surface area (Å²) in [6.07, 6.45) is 2.13. The second-order valence-electron chi connectivity index (χ2n) is 5.31. The quantitative estimate of drug-likeness (QED) is 0.882. The van der Waals surface area contributed by atoms with Crippen LogP contribution in [0.4, 0.5) is 0 Å². The lowest BCUT2D eigenvalue weighted by atomic mass is 9.94. The monoisotopic (exact) mass is 266 g/mol. The Morgan fingerprint density at radius 1 is 1.56 bits per heavy atom. The number of aryl methyl sites for hydroxylation is 2. The van der Waals surface area contributed by atoms with Gasteiger partial charge in [-0.05, 0) is 50.8 Å². The fourth-order valence-electron chi connectivity index (χ4n) is 2.34. The number of hydrogen-bond donors (Lipinski definition) is 2. The van der Waals surface area contributed by atoms with Crippen molar-refractivity contribution in [2.45, 2.75) is 46.2 Å².